The van der Waals surface area contributed by atoms with Crippen LogP contribution >= 0.6 is 0 Å². The third-order valence-electron chi connectivity index (χ3n) is 4.06. The van der Waals surface area contributed by atoms with Crippen molar-refractivity contribution in [2.75, 3.05) is 11.9 Å². The number of ether oxygens (including phenoxy) is 1. The Hall–Kier alpha value is -3.15. The Kier molecular flexibility index (Phi) is 6.20. The number of nitrogens with zero attached hydrogens (tertiary/aromatic N) is 2. The lowest BCUT2D eigenvalue weighted by Crippen LogP contribution is -2.13. The Morgan fingerprint density at radius 3 is 2.63 bits per heavy atom. The molecule has 1 N–H and O–H groups in total. The maximum atomic E-state index is 12.6. The van der Waals surface area contributed by atoms with Gasteiger partial charge in [-0.05, 0) is 49.2 Å². The second kappa shape index (κ2) is 8.98. The Morgan fingerprint density at radius 1 is 1.15 bits per heavy atom. The molecule has 0 bridgehead atoms. The fraction of sp³-hybridized carbons (Fsp3) is 0.286. The van der Waals surface area contributed by atoms with Gasteiger partial charge < -0.3 is 14.6 Å². The Morgan fingerprint density at radius 2 is 1.93 bits per heavy atom. The Balaban J connectivity index is 1.67. The predicted octanol–water partition coefficient (Wildman–Crippen LogP) is 4.40. The summed E-state index contributed by atoms with van der Waals surface area (Å²) in [4.78, 5) is 16.8. The van der Waals surface area contributed by atoms with Crippen LogP contribution in [0.3, 0.4) is 0 Å². The van der Waals surface area contributed by atoms with Crippen molar-refractivity contribution in [3.05, 3.63) is 71.4 Å². The molecule has 0 atom stereocenters. The van der Waals surface area contributed by atoms with Gasteiger partial charge >= 0.3 is 0 Å². The number of para-hydroxylation sites is 1. The molecule has 0 aliphatic rings. The first-order chi connectivity index (χ1) is 13.2. The fourth-order valence-electron chi connectivity index (χ4n) is 2.60. The number of benzene rings is 2. The molecule has 1 heterocycles. The molecule has 0 unspecified atom stereocenters. The summed E-state index contributed by atoms with van der Waals surface area (Å²) in [5.41, 5.74) is 2.21. The molecule has 27 heavy (non-hydrogen) atoms. The number of unbranched alkanes of at least 4 members (excludes halogenated alkanes) is 1. The molecule has 0 saturated heterocycles. The number of anilines is 1. The Labute approximate surface area is 158 Å². The SMILES string of the molecule is CCCCOc1ccc(C(=O)Nc2ccccc2Cc2nc(C)no2)cc1. The van der Waals surface area contributed by atoms with Gasteiger partial charge in [0.15, 0.2) is 5.82 Å². The zero-order chi connectivity index (χ0) is 19.1. The summed E-state index contributed by atoms with van der Waals surface area (Å²) < 4.78 is 10.8. The van der Waals surface area contributed by atoms with E-state index in [1.165, 1.54) is 0 Å². The monoisotopic (exact) mass is 365 g/mol. The number of carbonyl (C=O) groups is 1. The average Bonchev–Trinajstić information content (AvgIpc) is 3.09. The van der Waals surface area contributed by atoms with Crippen LogP contribution in [0.15, 0.2) is 53.1 Å². The number of aryl methyl sites for hydroxylation is 1. The smallest absolute Gasteiger partial charge is 0.255 e. The third kappa shape index (κ3) is 5.17. The summed E-state index contributed by atoms with van der Waals surface area (Å²) in [6.45, 7) is 4.58. The van der Waals surface area contributed by atoms with Crippen LogP contribution < -0.4 is 10.1 Å². The molecule has 0 spiro atoms. The minimum atomic E-state index is -0.177. The standard InChI is InChI=1S/C21H23N3O3/c1-3-4-13-26-18-11-9-16(10-12-18)21(25)23-19-8-6-5-7-17(19)14-20-22-15(2)24-27-20/h5-12H,3-4,13-14H2,1-2H3,(H,23,25). The van der Waals surface area contributed by atoms with Gasteiger partial charge in [-0.15, -0.1) is 0 Å². The lowest BCUT2D eigenvalue weighted by Gasteiger charge is -2.10. The van der Waals surface area contributed by atoms with E-state index in [1.54, 1.807) is 19.1 Å². The van der Waals surface area contributed by atoms with Crippen molar-refractivity contribution in [1.82, 2.24) is 10.1 Å². The zero-order valence-electron chi connectivity index (χ0n) is 15.6. The van der Waals surface area contributed by atoms with Crippen molar-refractivity contribution >= 4 is 11.6 Å². The molecule has 0 aliphatic carbocycles. The molecule has 0 saturated carbocycles. The molecule has 6 heteroatoms. The number of nitrogens with one attached hydrogen (secondary N) is 1. The van der Waals surface area contributed by atoms with E-state index in [0.717, 1.165) is 29.8 Å². The van der Waals surface area contributed by atoms with Gasteiger partial charge in [-0.1, -0.05) is 36.7 Å². The van der Waals surface area contributed by atoms with Crippen LogP contribution in [0, 0.1) is 6.92 Å². The van der Waals surface area contributed by atoms with Gasteiger partial charge in [0.25, 0.3) is 5.91 Å². The van der Waals surface area contributed by atoms with Crippen molar-refractivity contribution in [2.24, 2.45) is 0 Å². The average molecular weight is 365 g/mol. The maximum Gasteiger partial charge on any atom is 0.255 e. The number of hydrogen-bond acceptors (Lipinski definition) is 5. The van der Waals surface area contributed by atoms with E-state index < -0.39 is 0 Å². The topological polar surface area (TPSA) is 77.2 Å². The molecule has 1 amide bonds. The lowest BCUT2D eigenvalue weighted by molar-refractivity contribution is 0.102. The number of rotatable bonds is 8. The van der Waals surface area contributed by atoms with Gasteiger partial charge in [0.1, 0.15) is 5.75 Å². The molecule has 0 aliphatic heterocycles. The van der Waals surface area contributed by atoms with Crippen LogP contribution in [0.25, 0.3) is 0 Å². The van der Waals surface area contributed by atoms with Gasteiger partial charge in [-0.3, -0.25) is 4.79 Å². The molecular weight excluding hydrogens is 342 g/mol. The highest BCUT2D eigenvalue weighted by atomic mass is 16.5. The highest BCUT2D eigenvalue weighted by Crippen LogP contribution is 2.20. The first kappa shape index (κ1) is 18.6. The van der Waals surface area contributed by atoms with Gasteiger partial charge in [-0.2, -0.15) is 4.98 Å². The van der Waals surface area contributed by atoms with Crippen molar-refractivity contribution in [2.45, 2.75) is 33.1 Å². The van der Waals surface area contributed by atoms with E-state index in [9.17, 15) is 4.79 Å². The number of amides is 1. The minimum absolute atomic E-state index is 0.177. The molecule has 140 valence electrons. The van der Waals surface area contributed by atoms with Gasteiger partial charge in [0.05, 0.1) is 13.0 Å². The minimum Gasteiger partial charge on any atom is -0.494 e. The molecule has 1 aromatic heterocycles. The van der Waals surface area contributed by atoms with Crippen molar-refractivity contribution < 1.29 is 14.1 Å². The summed E-state index contributed by atoms with van der Waals surface area (Å²) in [7, 11) is 0. The Bertz CT molecular complexity index is 888. The highest BCUT2D eigenvalue weighted by Gasteiger charge is 2.12. The van der Waals surface area contributed by atoms with Crippen molar-refractivity contribution in [1.29, 1.82) is 0 Å². The van der Waals surface area contributed by atoms with E-state index in [4.69, 9.17) is 9.26 Å². The van der Waals surface area contributed by atoms with Gasteiger partial charge in [0.2, 0.25) is 5.89 Å². The predicted molar refractivity (Wildman–Crippen MR) is 103 cm³/mol. The zero-order valence-corrected chi connectivity index (χ0v) is 15.6. The second-order valence-corrected chi connectivity index (χ2v) is 6.25. The van der Waals surface area contributed by atoms with E-state index in [1.807, 2.05) is 36.4 Å². The van der Waals surface area contributed by atoms with Crippen molar-refractivity contribution in [3.8, 4) is 5.75 Å². The van der Waals surface area contributed by atoms with Gasteiger partial charge in [-0.25, -0.2) is 0 Å². The second-order valence-electron chi connectivity index (χ2n) is 6.25. The molecule has 3 aromatic rings. The highest BCUT2D eigenvalue weighted by molar-refractivity contribution is 6.04. The quantitative estimate of drug-likeness (QED) is 0.599. The lowest BCUT2D eigenvalue weighted by atomic mass is 10.1. The molecule has 3 rings (SSSR count). The number of aromatic nitrogens is 2. The van der Waals surface area contributed by atoms with Gasteiger partial charge in [0, 0.05) is 11.3 Å². The molecule has 0 fully saturated rings. The summed E-state index contributed by atoms with van der Waals surface area (Å²) in [5, 5.41) is 6.76. The summed E-state index contributed by atoms with van der Waals surface area (Å²) in [6.07, 6.45) is 2.56. The van der Waals surface area contributed by atoms with Crippen molar-refractivity contribution in [3.63, 3.8) is 0 Å². The molecular formula is C21H23N3O3. The van der Waals surface area contributed by atoms with Crippen LogP contribution in [0.4, 0.5) is 5.69 Å². The van der Waals surface area contributed by atoms with Crippen LogP contribution in [0.5, 0.6) is 5.75 Å². The normalized spacial score (nSPS) is 10.6. The van der Waals surface area contributed by atoms with Crippen LogP contribution in [0.2, 0.25) is 0 Å². The van der Waals surface area contributed by atoms with E-state index >= 15 is 0 Å². The third-order valence-corrected chi connectivity index (χ3v) is 4.06. The summed E-state index contributed by atoms with van der Waals surface area (Å²) >= 11 is 0. The van der Waals surface area contributed by atoms with E-state index in [2.05, 4.69) is 22.4 Å². The largest absolute Gasteiger partial charge is 0.494 e. The van der Waals surface area contributed by atoms with E-state index in [0.29, 0.717) is 30.3 Å². The molecule has 0 radical (unpaired) electrons. The van der Waals surface area contributed by atoms with E-state index in [-0.39, 0.29) is 5.91 Å². The van der Waals surface area contributed by atoms with Crippen LogP contribution in [-0.2, 0) is 6.42 Å². The first-order valence-corrected chi connectivity index (χ1v) is 9.07. The maximum absolute atomic E-state index is 12.6. The summed E-state index contributed by atoms with van der Waals surface area (Å²) in [6, 6.07) is 14.7. The van der Waals surface area contributed by atoms with Crippen LogP contribution in [-0.4, -0.2) is 22.7 Å². The number of hydrogen-bond donors (Lipinski definition) is 1. The molecule has 6 nitrogen and oxygen atoms in total. The summed E-state index contributed by atoms with van der Waals surface area (Å²) in [5.74, 6) is 1.70. The van der Waals surface area contributed by atoms with Crippen LogP contribution in [0.1, 0.15) is 47.4 Å². The number of carbonyl (C=O) groups excluding carboxylic acids is 1. The first-order valence-electron chi connectivity index (χ1n) is 9.07. The molecule has 2 aromatic carbocycles. The fourth-order valence-corrected chi connectivity index (χ4v) is 2.60.